The van der Waals surface area contributed by atoms with Gasteiger partial charge in [0.05, 0.1) is 28.1 Å². The lowest BCUT2D eigenvalue weighted by molar-refractivity contribution is -0.147. The van der Waals surface area contributed by atoms with Crippen molar-refractivity contribution < 1.29 is 24.6 Å². The van der Waals surface area contributed by atoms with Crippen LogP contribution in [0, 0.1) is 0 Å². The summed E-state index contributed by atoms with van der Waals surface area (Å²) in [7, 11) is 0. The third kappa shape index (κ3) is 8.24. The van der Waals surface area contributed by atoms with Crippen molar-refractivity contribution in [2.75, 3.05) is 5.48 Å². The van der Waals surface area contributed by atoms with Crippen LogP contribution in [0.2, 0.25) is 0 Å². The van der Waals surface area contributed by atoms with Crippen molar-refractivity contribution in [1.82, 2.24) is 4.98 Å². The van der Waals surface area contributed by atoms with Crippen molar-refractivity contribution in [3.63, 3.8) is 0 Å². The van der Waals surface area contributed by atoms with Gasteiger partial charge in [0.1, 0.15) is 0 Å². The predicted octanol–water partition coefficient (Wildman–Crippen LogP) is 6.02. The van der Waals surface area contributed by atoms with E-state index in [1.807, 2.05) is 33.0 Å². The zero-order chi connectivity index (χ0) is 23.5. The topological polar surface area (TPSA) is 109 Å². The molecule has 0 bridgehead atoms. The summed E-state index contributed by atoms with van der Waals surface area (Å²) in [6.07, 6.45) is 9.49. The van der Waals surface area contributed by atoms with Crippen LogP contribution >= 0.6 is 11.3 Å². The molecule has 8 heteroatoms. The summed E-state index contributed by atoms with van der Waals surface area (Å²) in [6.45, 7) is 5.67. The van der Waals surface area contributed by atoms with Crippen molar-refractivity contribution in [1.29, 1.82) is 0 Å². The van der Waals surface area contributed by atoms with Crippen LogP contribution < -0.4 is 5.48 Å². The molecule has 7 nitrogen and oxygen atoms in total. The first kappa shape index (κ1) is 25.8. The number of hydrogen-bond donors (Lipinski definition) is 3. The molecule has 32 heavy (non-hydrogen) atoms. The average Bonchev–Trinajstić information content (AvgIpc) is 3.24. The van der Waals surface area contributed by atoms with Crippen LogP contribution in [0.3, 0.4) is 0 Å². The van der Waals surface area contributed by atoms with E-state index >= 15 is 0 Å². The van der Waals surface area contributed by atoms with Crippen molar-refractivity contribution >= 4 is 29.0 Å². The summed E-state index contributed by atoms with van der Waals surface area (Å²) < 4.78 is 4.85. The van der Waals surface area contributed by atoms with Crippen molar-refractivity contribution in [2.24, 2.45) is 0 Å². The molecular weight excluding hydrogens is 428 g/mol. The Morgan fingerprint density at radius 1 is 1.25 bits per heavy atom. The Morgan fingerprint density at radius 2 is 1.97 bits per heavy atom. The molecular formula is C24H34N2O5S. The number of carboxylic acids is 1. The first-order valence-electron chi connectivity index (χ1n) is 11.2. The standard InChI is InChI=1S/C17H20N2O3S.C7H14O2/c20-16(21)9-11-6-7-13(14(8-11)19-22)15-10-18-17(23-15)12-4-2-1-3-5-12;1-4-5-7(8)9-6(2)3/h6-8,10,12,19,22H,1-5,9H2,(H,20,21);6H,4-5H2,1-3H3. The molecule has 0 atom stereocenters. The molecule has 176 valence electrons. The SMILES string of the molecule is CCCC(=O)OC(C)C.O=C(O)Cc1ccc(-c2cnc(C3CCCCC3)s2)c(NO)c1. The minimum Gasteiger partial charge on any atom is -0.481 e. The molecule has 1 aliphatic carbocycles. The Kier molecular flexibility index (Phi) is 10.6. The fourth-order valence-electron chi connectivity index (χ4n) is 3.66. The van der Waals surface area contributed by atoms with Crippen LogP contribution in [0.25, 0.3) is 10.4 Å². The highest BCUT2D eigenvalue weighted by molar-refractivity contribution is 7.15. The van der Waals surface area contributed by atoms with Gasteiger partial charge in [-0.15, -0.1) is 11.3 Å². The lowest BCUT2D eigenvalue weighted by Gasteiger charge is -2.18. The van der Waals surface area contributed by atoms with Gasteiger partial charge in [-0.2, -0.15) is 0 Å². The van der Waals surface area contributed by atoms with E-state index < -0.39 is 5.97 Å². The lowest BCUT2D eigenvalue weighted by atomic mass is 9.90. The second-order valence-electron chi connectivity index (χ2n) is 8.25. The van der Waals surface area contributed by atoms with Gasteiger partial charge in [0, 0.05) is 24.1 Å². The maximum Gasteiger partial charge on any atom is 0.307 e. The van der Waals surface area contributed by atoms with E-state index in [4.69, 9.17) is 9.84 Å². The quantitative estimate of drug-likeness (QED) is 0.325. The number of aliphatic carboxylic acids is 1. The number of nitrogens with zero attached hydrogens (tertiary/aromatic N) is 1. The second-order valence-corrected chi connectivity index (χ2v) is 9.31. The Hall–Kier alpha value is -2.45. The monoisotopic (exact) mass is 462 g/mol. The highest BCUT2D eigenvalue weighted by Gasteiger charge is 2.20. The number of rotatable bonds is 8. The van der Waals surface area contributed by atoms with E-state index in [1.165, 1.54) is 37.1 Å². The van der Waals surface area contributed by atoms with Gasteiger partial charge in [0.15, 0.2) is 0 Å². The Bertz CT molecular complexity index is 875. The predicted molar refractivity (Wildman–Crippen MR) is 126 cm³/mol. The van der Waals surface area contributed by atoms with Crippen molar-refractivity contribution in [3.05, 3.63) is 35.0 Å². The highest BCUT2D eigenvalue weighted by Crippen LogP contribution is 2.39. The van der Waals surface area contributed by atoms with Crippen LogP contribution in [0.5, 0.6) is 0 Å². The number of hydrogen-bond acceptors (Lipinski definition) is 7. The minimum absolute atomic E-state index is 0.0315. The molecule has 0 unspecified atom stereocenters. The van der Waals surface area contributed by atoms with Gasteiger partial charge < -0.3 is 9.84 Å². The van der Waals surface area contributed by atoms with Gasteiger partial charge in [0.25, 0.3) is 0 Å². The lowest BCUT2D eigenvalue weighted by Crippen LogP contribution is -2.10. The number of benzene rings is 1. The first-order chi connectivity index (χ1) is 15.3. The number of anilines is 1. The Labute approximate surface area is 193 Å². The number of esters is 1. The molecule has 0 amide bonds. The summed E-state index contributed by atoms with van der Waals surface area (Å²) in [5.41, 5.74) is 4.20. The fraction of sp³-hybridized carbons (Fsp3) is 0.542. The maximum absolute atomic E-state index is 10.8. The van der Waals surface area contributed by atoms with Crippen LogP contribution in [0.4, 0.5) is 5.69 Å². The van der Waals surface area contributed by atoms with Crippen LogP contribution in [0.15, 0.2) is 24.4 Å². The Morgan fingerprint density at radius 3 is 2.56 bits per heavy atom. The molecule has 1 aromatic heterocycles. The summed E-state index contributed by atoms with van der Waals surface area (Å²) >= 11 is 1.66. The third-order valence-corrected chi connectivity index (χ3v) is 6.32. The molecule has 1 aliphatic rings. The summed E-state index contributed by atoms with van der Waals surface area (Å²) in [5, 5.41) is 19.4. The van der Waals surface area contributed by atoms with Crippen LogP contribution in [0.1, 0.15) is 82.2 Å². The largest absolute Gasteiger partial charge is 0.481 e. The van der Waals surface area contributed by atoms with Gasteiger partial charge in [0.2, 0.25) is 0 Å². The molecule has 1 saturated carbocycles. The fourth-order valence-corrected chi connectivity index (χ4v) is 4.79. The number of thiazole rings is 1. The number of ether oxygens (including phenoxy) is 1. The molecule has 1 aromatic carbocycles. The summed E-state index contributed by atoms with van der Waals surface area (Å²) in [4.78, 5) is 27.0. The number of aromatic nitrogens is 1. The molecule has 0 saturated heterocycles. The average molecular weight is 463 g/mol. The normalized spacial score (nSPS) is 13.9. The van der Waals surface area contributed by atoms with E-state index in [9.17, 15) is 14.8 Å². The molecule has 1 fully saturated rings. The highest BCUT2D eigenvalue weighted by atomic mass is 32.1. The molecule has 1 heterocycles. The Balaban J connectivity index is 0.000000344. The zero-order valence-electron chi connectivity index (χ0n) is 19.1. The van der Waals surface area contributed by atoms with E-state index in [0.717, 1.165) is 16.9 Å². The summed E-state index contributed by atoms with van der Waals surface area (Å²) in [6, 6.07) is 5.29. The van der Waals surface area contributed by atoms with E-state index in [0.29, 0.717) is 23.6 Å². The number of carbonyl (C=O) groups is 2. The van der Waals surface area contributed by atoms with Gasteiger partial charge in [-0.05, 0) is 44.7 Å². The van der Waals surface area contributed by atoms with Crippen molar-refractivity contribution in [2.45, 2.75) is 84.2 Å². The van der Waals surface area contributed by atoms with Crippen LogP contribution in [-0.4, -0.2) is 33.3 Å². The number of nitrogens with one attached hydrogen (secondary N) is 1. The molecule has 3 rings (SSSR count). The van der Waals surface area contributed by atoms with Gasteiger partial charge in [-0.1, -0.05) is 38.3 Å². The summed E-state index contributed by atoms with van der Waals surface area (Å²) in [5.74, 6) is -0.425. The third-order valence-electron chi connectivity index (χ3n) is 5.12. The molecule has 0 radical (unpaired) electrons. The van der Waals surface area contributed by atoms with E-state index in [1.54, 1.807) is 23.5 Å². The minimum atomic E-state index is -0.890. The molecule has 3 N–H and O–H groups in total. The second kappa shape index (κ2) is 13.2. The van der Waals surface area contributed by atoms with Gasteiger partial charge in [-0.25, -0.2) is 4.98 Å². The van der Waals surface area contributed by atoms with Gasteiger partial charge in [-0.3, -0.25) is 20.3 Å². The smallest absolute Gasteiger partial charge is 0.307 e. The van der Waals surface area contributed by atoms with E-state index in [2.05, 4.69) is 10.5 Å². The van der Waals surface area contributed by atoms with Crippen molar-refractivity contribution in [3.8, 4) is 10.4 Å². The molecule has 0 spiro atoms. The van der Waals surface area contributed by atoms with Crippen LogP contribution in [-0.2, 0) is 20.7 Å². The maximum atomic E-state index is 10.8. The zero-order valence-corrected chi connectivity index (χ0v) is 19.9. The molecule has 0 aliphatic heterocycles. The number of carboxylic acid groups (broad SMARTS) is 1. The number of carbonyl (C=O) groups excluding carboxylic acids is 1. The first-order valence-corrected chi connectivity index (χ1v) is 12.1. The van der Waals surface area contributed by atoms with E-state index in [-0.39, 0.29) is 18.5 Å². The molecule has 2 aromatic rings. The van der Waals surface area contributed by atoms with Gasteiger partial charge >= 0.3 is 11.9 Å².